The Kier molecular flexibility index (Phi) is 11.6. The summed E-state index contributed by atoms with van der Waals surface area (Å²) in [6.07, 6.45) is 8.87. The van der Waals surface area contributed by atoms with Gasteiger partial charge in [-0.05, 0) is 56.5 Å². The van der Waals surface area contributed by atoms with Gasteiger partial charge in [0.05, 0.1) is 29.0 Å². The zero-order valence-corrected chi connectivity index (χ0v) is 30.1. The number of carbonyl (C=O) groups excluding carboxylic acids is 3. The summed E-state index contributed by atoms with van der Waals surface area (Å²) in [5.74, 6) is -0.416. The molecule has 0 saturated heterocycles. The van der Waals surface area contributed by atoms with Crippen molar-refractivity contribution in [1.82, 2.24) is 24.4 Å². The lowest BCUT2D eigenvalue weighted by Crippen LogP contribution is -2.36. The number of carbonyl (C=O) groups is 3. The third kappa shape index (κ3) is 7.71. The first kappa shape index (κ1) is 36.6. The van der Waals surface area contributed by atoms with Gasteiger partial charge in [-0.3, -0.25) is 24.1 Å². The number of methoxy groups -OCH3 is 1. The average Bonchev–Trinajstić information content (AvgIpc) is 3.60. The van der Waals surface area contributed by atoms with Gasteiger partial charge in [0.1, 0.15) is 17.6 Å². The number of pyridine rings is 2. The number of anilines is 1. The van der Waals surface area contributed by atoms with Crippen molar-refractivity contribution in [3.05, 3.63) is 91.7 Å². The number of hydrogen-bond acceptors (Lipinski definition) is 7. The lowest BCUT2D eigenvalue weighted by Gasteiger charge is -2.28. The number of primary amides is 1. The van der Waals surface area contributed by atoms with E-state index in [0.29, 0.717) is 51.2 Å². The topological polar surface area (TPSA) is 154 Å². The van der Waals surface area contributed by atoms with Crippen molar-refractivity contribution in [2.75, 3.05) is 18.6 Å². The molecule has 5 rings (SSSR count). The molecule has 50 heavy (non-hydrogen) atoms. The molecule has 1 aliphatic rings. The molecular weight excluding hydrogens is 681 g/mol. The molecule has 14 heteroatoms. The second kappa shape index (κ2) is 15.9. The molecule has 0 fully saturated rings. The van der Waals surface area contributed by atoms with E-state index in [9.17, 15) is 19.2 Å². The summed E-state index contributed by atoms with van der Waals surface area (Å²) in [5, 5.41) is 3.78. The maximum Gasteiger partial charge on any atom is 0.279 e. The summed E-state index contributed by atoms with van der Waals surface area (Å²) < 4.78 is 8.89. The van der Waals surface area contributed by atoms with Gasteiger partial charge in [-0.25, -0.2) is 9.97 Å². The summed E-state index contributed by atoms with van der Waals surface area (Å²) in [6, 6.07) is 9.26. The second-order valence-electron chi connectivity index (χ2n) is 12.6. The molecule has 1 atom stereocenters. The Hall–Kier alpha value is -4.68. The third-order valence-corrected chi connectivity index (χ3v) is 9.12. The number of ether oxygens (including phenoxy) is 1. The van der Waals surface area contributed by atoms with E-state index in [1.54, 1.807) is 25.2 Å². The fourth-order valence-corrected chi connectivity index (χ4v) is 6.67. The number of aromatic nitrogens is 4. The standard InChI is InChI=1S/C36H41Cl2N7O5/c1-21(2)44-31-29(36(49)45(27-18-25(38)20-43(3)35(27)48)30(31)22-12-14-24(37)15-13-22)42-32(44)26-17-23(19-41-34(26)50-4)33(47)40-16-10-8-6-5-7-9-11-28(39)46/h12-15,17-21,30H,5-11,16H2,1-4H3,(H2,39,46)(H,40,47). The number of imidazole rings is 1. The lowest BCUT2D eigenvalue weighted by atomic mass is 10.0. The number of nitrogens with one attached hydrogen (secondary N) is 1. The zero-order valence-electron chi connectivity index (χ0n) is 28.5. The van der Waals surface area contributed by atoms with Crippen LogP contribution in [0.25, 0.3) is 11.4 Å². The van der Waals surface area contributed by atoms with E-state index < -0.39 is 17.5 Å². The highest BCUT2D eigenvalue weighted by molar-refractivity contribution is 6.31. The summed E-state index contributed by atoms with van der Waals surface area (Å²) in [7, 11) is 3.06. The van der Waals surface area contributed by atoms with Crippen molar-refractivity contribution < 1.29 is 19.1 Å². The number of nitrogens with zero attached hydrogens (tertiary/aromatic N) is 5. The van der Waals surface area contributed by atoms with Crippen LogP contribution < -0.4 is 26.2 Å². The highest BCUT2D eigenvalue weighted by Gasteiger charge is 2.46. The molecule has 3 aromatic heterocycles. The number of hydrogen-bond donors (Lipinski definition) is 2. The molecule has 1 unspecified atom stereocenters. The minimum atomic E-state index is -0.752. The van der Waals surface area contributed by atoms with E-state index >= 15 is 0 Å². The van der Waals surface area contributed by atoms with Crippen LogP contribution in [0.3, 0.4) is 0 Å². The number of rotatable bonds is 15. The number of fused-ring (bicyclic) bond motifs is 1. The van der Waals surface area contributed by atoms with Gasteiger partial charge in [-0.2, -0.15) is 0 Å². The quantitative estimate of drug-likeness (QED) is 0.138. The summed E-state index contributed by atoms with van der Waals surface area (Å²) in [5.41, 5.74) is 7.09. The Morgan fingerprint density at radius 3 is 2.34 bits per heavy atom. The molecule has 0 aliphatic carbocycles. The molecule has 3 amide bonds. The number of unbranched alkanes of at least 4 members (excludes halogenated alkanes) is 5. The molecule has 264 valence electrons. The van der Waals surface area contributed by atoms with Crippen molar-refractivity contribution in [1.29, 1.82) is 0 Å². The van der Waals surface area contributed by atoms with Crippen LogP contribution in [-0.2, 0) is 11.8 Å². The Morgan fingerprint density at radius 1 is 1.00 bits per heavy atom. The van der Waals surface area contributed by atoms with Crippen molar-refractivity contribution in [3.63, 3.8) is 0 Å². The van der Waals surface area contributed by atoms with Crippen LogP contribution in [0.1, 0.15) is 103 Å². The van der Waals surface area contributed by atoms with Gasteiger partial charge in [-0.1, -0.05) is 61.0 Å². The molecule has 12 nitrogen and oxygen atoms in total. The minimum absolute atomic E-state index is 0.112. The SMILES string of the molecule is COc1ncc(C(=O)NCCCCCCCCC(N)=O)cc1-c1nc2c(n1C(C)C)C(c1ccc(Cl)cc1)N(c1cc(Cl)cn(C)c1=O)C2=O. The van der Waals surface area contributed by atoms with Crippen LogP contribution in [0, 0.1) is 0 Å². The van der Waals surface area contributed by atoms with Crippen molar-refractivity contribution in [2.24, 2.45) is 12.8 Å². The molecular formula is C36H41Cl2N7O5. The van der Waals surface area contributed by atoms with E-state index in [-0.39, 0.29) is 35.1 Å². The van der Waals surface area contributed by atoms with Crippen LogP contribution in [0.15, 0.2) is 53.6 Å². The summed E-state index contributed by atoms with van der Waals surface area (Å²) >= 11 is 12.6. The maximum atomic E-state index is 14.3. The fourth-order valence-electron chi connectivity index (χ4n) is 6.29. The van der Waals surface area contributed by atoms with Crippen molar-refractivity contribution in [2.45, 2.75) is 70.9 Å². The maximum absolute atomic E-state index is 14.3. The monoisotopic (exact) mass is 721 g/mol. The third-order valence-electron chi connectivity index (χ3n) is 8.66. The van der Waals surface area contributed by atoms with E-state index in [1.807, 2.05) is 30.5 Å². The number of aryl methyl sites for hydroxylation is 1. The number of benzene rings is 1. The van der Waals surface area contributed by atoms with E-state index in [1.165, 1.54) is 35.0 Å². The molecule has 1 aromatic carbocycles. The normalized spacial score (nSPS) is 13.9. The average molecular weight is 723 g/mol. The van der Waals surface area contributed by atoms with E-state index in [2.05, 4.69) is 10.3 Å². The van der Waals surface area contributed by atoms with Gasteiger partial charge in [0.2, 0.25) is 11.8 Å². The van der Waals surface area contributed by atoms with E-state index in [0.717, 1.165) is 38.5 Å². The largest absolute Gasteiger partial charge is 0.480 e. The molecule has 4 heterocycles. The van der Waals surface area contributed by atoms with Gasteiger partial charge in [0, 0.05) is 43.5 Å². The Balaban J connectivity index is 1.48. The van der Waals surface area contributed by atoms with Crippen LogP contribution in [0.4, 0.5) is 5.69 Å². The predicted octanol–water partition coefficient (Wildman–Crippen LogP) is 6.24. The highest BCUT2D eigenvalue weighted by atomic mass is 35.5. The Bertz CT molecular complexity index is 1960. The van der Waals surface area contributed by atoms with Crippen molar-refractivity contribution >= 4 is 46.6 Å². The zero-order chi connectivity index (χ0) is 36.1. The molecule has 4 aromatic rings. The molecule has 0 radical (unpaired) electrons. The van der Waals surface area contributed by atoms with Crippen LogP contribution >= 0.6 is 23.2 Å². The van der Waals surface area contributed by atoms with Gasteiger partial charge < -0.3 is 24.9 Å². The minimum Gasteiger partial charge on any atom is -0.480 e. The first-order chi connectivity index (χ1) is 23.9. The molecule has 0 bridgehead atoms. The Morgan fingerprint density at radius 2 is 1.68 bits per heavy atom. The van der Waals surface area contributed by atoms with Crippen LogP contribution in [-0.4, -0.2) is 50.5 Å². The number of nitrogens with two attached hydrogens (primary N) is 1. The van der Waals surface area contributed by atoms with E-state index in [4.69, 9.17) is 38.7 Å². The van der Waals surface area contributed by atoms with Crippen LogP contribution in [0.5, 0.6) is 5.88 Å². The lowest BCUT2D eigenvalue weighted by molar-refractivity contribution is -0.118. The Labute approximate surface area is 300 Å². The molecule has 0 saturated carbocycles. The van der Waals surface area contributed by atoms with Gasteiger partial charge in [0.15, 0.2) is 5.69 Å². The first-order valence-electron chi connectivity index (χ1n) is 16.6. The highest BCUT2D eigenvalue weighted by Crippen LogP contribution is 2.45. The van der Waals surface area contributed by atoms with Gasteiger partial charge >= 0.3 is 0 Å². The second-order valence-corrected chi connectivity index (χ2v) is 13.5. The number of amides is 3. The summed E-state index contributed by atoms with van der Waals surface area (Å²) in [6.45, 7) is 4.42. The number of halogens is 2. The van der Waals surface area contributed by atoms with Gasteiger partial charge in [-0.15, -0.1) is 0 Å². The molecule has 0 spiro atoms. The molecule has 3 N–H and O–H groups in total. The first-order valence-corrected chi connectivity index (χ1v) is 17.4. The predicted molar refractivity (Wildman–Crippen MR) is 193 cm³/mol. The summed E-state index contributed by atoms with van der Waals surface area (Å²) in [4.78, 5) is 62.6. The van der Waals surface area contributed by atoms with Gasteiger partial charge in [0.25, 0.3) is 17.4 Å². The fraction of sp³-hybridized carbons (Fsp3) is 0.389. The molecule has 1 aliphatic heterocycles. The van der Waals surface area contributed by atoms with Crippen LogP contribution in [0.2, 0.25) is 10.0 Å². The smallest absolute Gasteiger partial charge is 0.279 e. The van der Waals surface area contributed by atoms with Crippen molar-refractivity contribution in [3.8, 4) is 17.3 Å².